The van der Waals surface area contributed by atoms with E-state index in [9.17, 15) is 4.79 Å². The molecular weight excluding hydrogens is 369 g/mol. The number of benzene rings is 2. The van der Waals surface area contributed by atoms with E-state index >= 15 is 0 Å². The summed E-state index contributed by atoms with van der Waals surface area (Å²) in [4.78, 5) is 12.1. The van der Waals surface area contributed by atoms with E-state index < -0.39 is 0 Å². The van der Waals surface area contributed by atoms with Crippen molar-refractivity contribution in [3.8, 4) is 11.3 Å². The monoisotopic (exact) mass is 385 g/mol. The molecule has 1 N–H and O–H groups in total. The summed E-state index contributed by atoms with van der Waals surface area (Å²) in [6, 6.07) is 14.7. The molecule has 3 rings (SSSR count). The number of hydrogen-bond acceptors (Lipinski definition) is 2. The van der Waals surface area contributed by atoms with Gasteiger partial charge in [0.2, 0.25) is 5.91 Å². The Kier molecular flexibility index (Phi) is 5.50. The van der Waals surface area contributed by atoms with E-state index in [1.807, 2.05) is 38.1 Å². The Bertz CT molecular complexity index is 989. The predicted octanol–water partition coefficient (Wildman–Crippen LogP) is 6.52. The Balaban J connectivity index is 1.71. The molecule has 2 aromatic carbocycles. The van der Waals surface area contributed by atoms with Gasteiger partial charge in [-0.25, -0.2) is 0 Å². The van der Waals surface area contributed by atoms with Gasteiger partial charge < -0.3 is 9.73 Å². The molecule has 0 fully saturated rings. The van der Waals surface area contributed by atoms with E-state index in [1.165, 1.54) is 11.6 Å². The van der Waals surface area contributed by atoms with Crippen LogP contribution in [0.3, 0.4) is 0 Å². The van der Waals surface area contributed by atoms with Gasteiger partial charge in [-0.1, -0.05) is 35.3 Å². The van der Waals surface area contributed by atoms with Crippen LogP contribution in [0, 0.1) is 13.8 Å². The first-order chi connectivity index (χ1) is 12.4. The third-order valence-corrected chi connectivity index (χ3v) is 4.84. The number of halogens is 2. The van der Waals surface area contributed by atoms with Gasteiger partial charge in [0.1, 0.15) is 11.5 Å². The van der Waals surface area contributed by atoms with Crippen molar-refractivity contribution in [1.29, 1.82) is 0 Å². The van der Waals surface area contributed by atoms with Crippen LogP contribution in [-0.4, -0.2) is 5.91 Å². The maximum absolute atomic E-state index is 12.1. The Morgan fingerprint density at radius 2 is 1.85 bits per heavy atom. The maximum atomic E-state index is 12.1. The van der Waals surface area contributed by atoms with Crippen molar-refractivity contribution in [1.82, 2.24) is 0 Å². The molecule has 0 saturated heterocycles. The first-order valence-electron chi connectivity index (χ1n) is 8.04. The van der Waals surface area contributed by atoms with Gasteiger partial charge in [0.05, 0.1) is 10.0 Å². The molecular formula is C21H17Cl2NO2. The number of hydrogen-bond donors (Lipinski definition) is 1. The summed E-state index contributed by atoms with van der Waals surface area (Å²) in [5.74, 6) is 0.907. The topological polar surface area (TPSA) is 42.2 Å². The van der Waals surface area contributed by atoms with Gasteiger partial charge >= 0.3 is 0 Å². The van der Waals surface area contributed by atoms with Crippen molar-refractivity contribution in [3.63, 3.8) is 0 Å². The van der Waals surface area contributed by atoms with E-state index in [1.54, 1.807) is 30.3 Å². The van der Waals surface area contributed by atoms with Crippen LogP contribution in [0.15, 0.2) is 59.0 Å². The van der Waals surface area contributed by atoms with Gasteiger partial charge in [-0.3, -0.25) is 4.79 Å². The Hall–Kier alpha value is -2.49. The fraction of sp³-hybridized carbons (Fsp3) is 0.0952. The number of carbonyl (C=O) groups is 1. The van der Waals surface area contributed by atoms with Gasteiger partial charge in [0, 0.05) is 17.3 Å². The number of rotatable bonds is 4. The van der Waals surface area contributed by atoms with E-state index in [2.05, 4.69) is 5.32 Å². The zero-order valence-electron chi connectivity index (χ0n) is 14.3. The molecule has 1 heterocycles. The van der Waals surface area contributed by atoms with Crippen molar-refractivity contribution in [2.75, 3.05) is 5.32 Å². The van der Waals surface area contributed by atoms with Gasteiger partial charge in [-0.2, -0.15) is 0 Å². The Morgan fingerprint density at radius 1 is 1.04 bits per heavy atom. The zero-order valence-corrected chi connectivity index (χ0v) is 15.9. The summed E-state index contributed by atoms with van der Waals surface area (Å²) in [7, 11) is 0. The summed E-state index contributed by atoms with van der Waals surface area (Å²) < 4.78 is 5.73. The zero-order chi connectivity index (χ0) is 18.7. The number of amides is 1. The van der Waals surface area contributed by atoms with Crippen LogP contribution < -0.4 is 5.32 Å². The quantitative estimate of drug-likeness (QED) is 0.519. The molecule has 132 valence electrons. The van der Waals surface area contributed by atoms with Crippen LogP contribution in [0.2, 0.25) is 10.0 Å². The van der Waals surface area contributed by atoms with Gasteiger partial charge in [0.25, 0.3) is 0 Å². The lowest BCUT2D eigenvalue weighted by Crippen LogP contribution is -2.07. The molecule has 0 unspecified atom stereocenters. The minimum absolute atomic E-state index is 0.230. The molecule has 3 nitrogen and oxygen atoms in total. The molecule has 0 saturated carbocycles. The summed E-state index contributed by atoms with van der Waals surface area (Å²) in [6.07, 6.45) is 3.04. The van der Waals surface area contributed by atoms with E-state index in [-0.39, 0.29) is 5.91 Å². The van der Waals surface area contributed by atoms with Crippen molar-refractivity contribution in [2.24, 2.45) is 0 Å². The van der Waals surface area contributed by atoms with E-state index in [4.69, 9.17) is 27.6 Å². The van der Waals surface area contributed by atoms with Crippen LogP contribution in [0.5, 0.6) is 0 Å². The highest BCUT2D eigenvalue weighted by Gasteiger charge is 2.10. The first kappa shape index (κ1) is 18.3. The summed E-state index contributed by atoms with van der Waals surface area (Å²) in [5.41, 5.74) is 3.77. The summed E-state index contributed by atoms with van der Waals surface area (Å²) in [6.45, 7) is 4.04. The lowest BCUT2D eigenvalue weighted by Gasteiger charge is -2.05. The lowest BCUT2D eigenvalue weighted by atomic mass is 10.1. The fourth-order valence-corrected chi connectivity index (χ4v) is 2.84. The molecule has 0 spiro atoms. The molecule has 3 aromatic rings. The summed E-state index contributed by atoms with van der Waals surface area (Å²) in [5, 5.41) is 3.73. The van der Waals surface area contributed by atoms with Gasteiger partial charge in [0.15, 0.2) is 0 Å². The second kappa shape index (κ2) is 7.81. The average molecular weight is 386 g/mol. The van der Waals surface area contributed by atoms with Crippen LogP contribution in [0.1, 0.15) is 16.9 Å². The first-order valence-corrected chi connectivity index (χ1v) is 8.80. The largest absolute Gasteiger partial charge is 0.457 e. The molecule has 26 heavy (non-hydrogen) atoms. The highest BCUT2D eigenvalue weighted by Crippen LogP contribution is 2.34. The minimum Gasteiger partial charge on any atom is -0.457 e. The van der Waals surface area contributed by atoms with Crippen molar-refractivity contribution in [3.05, 3.63) is 81.5 Å². The molecule has 1 amide bonds. The number of anilines is 1. The van der Waals surface area contributed by atoms with Crippen molar-refractivity contribution >= 4 is 40.9 Å². The smallest absolute Gasteiger partial charge is 0.248 e. The number of furan rings is 1. The Morgan fingerprint density at radius 3 is 2.62 bits per heavy atom. The third-order valence-electron chi connectivity index (χ3n) is 4.02. The standard InChI is InChI=1S/C21H17Cl2NO2/c1-13-6-7-15(12-14(13)2)24-20(25)11-9-16-8-10-19(26-16)17-4-3-5-18(22)21(17)23/h3-12H,1-2H3,(H,24,25). The summed E-state index contributed by atoms with van der Waals surface area (Å²) >= 11 is 12.2. The van der Waals surface area contributed by atoms with Crippen LogP contribution in [-0.2, 0) is 4.79 Å². The van der Waals surface area contributed by atoms with Gasteiger partial charge in [-0.05, 0) is 67.4 Å². The van der Waals surface area contributed by atoms with Crippen molar-refractivity contribution in [2.45, 2.75) is 13.8 Å². The van der Waals surface area contributed by atoms with Gasteiger partial charge in [-0.15, -0.1) is 0 Å². The molecule has 0 bridgehead atoms. The molecule has 0 radical (unpaired) electrons. The normalized spacial score (nSPS) is 11.1. The molecule has 5 heteroatoms. The van der Waals surface area contributed by atoms with Crippen molar-refractivity contribution < 1.29 is 9.21 Å². The number of carbonyl (C=O) groups excluding carboxylic acids is 1. The fourth-order valence-electron chi connectivity index (χ4n) is 2.44. The average Bonchev–Trinajstić information content (AvgIpc) is 3.07. The van der Waals surface area contributed by atoms with Crippen LogP contribution >= 0.6 is 23.2 Å². The predicted molar refractivity (Wildman–Crippen MR) is 108 cm³/mol. The van der Waals surface area contributed by atoms with Crippen LogP contribution in [0.4, 0.5) is 5.69 Å². The highest BCUT2D eigenvalue weighted by molar-refractivity contribution is 6.43. The third kappa shape index (κ3) is 4.18. The second-order valence-corrected chi connectivity index (χ2v) is 6.71. The highest BCUT2D eigenvalue weighted by atomic mass is 35.5. The number of nitrogens with one attached hydrogen (secondary N) is 1. The SMILES string of the molecule is Cc1ccc(NC(=O)C=Cc2ccc(-c3cccc(Cl)c3Cl)o2)cc1C. The molecule has 1 aromatic heterocycles. The maximum Gasteiger partial charge on any atom is 0.248 e. The second-order valence-electron chi connectivity index (χ2n) is 5.93. The molecule has 0 aliphatic carbocycles. The minimum atomic E-state index is -0.230. The number of aryl methyl sites for hydroxylation is 2. The molecule has 0 atom stereocenters. The van der Waals surface area contributed by atoms with E-state index in [0.29, 0.717) is 27.1 Å². The van der Waals surface area contributed by atoms with Crippen LogP contribution in [0.25, 0.3) is 17.4 Å². The lowest BCUT2D eigenvalue weighted by molar-refractivity contribution is -0.111. The van der Waals surface area contributed by atoms with E-state index in [0.717, 1.165) is 11.3 Å². The molecule has 0 aliphatic heterocycles. The Labute approximate surface area is 162 Å². The molecule has 0 aliphatic rings.